The highest BCUT2D eigenvalue weighted by Crippen LogP contribution is 2.12. The Hall–Kier alpha value is -1.76. The Morgan fingerprint density at radius 3 is 2.65 bits per heavy atom. The van der Waals surface area contributed by atoms with Crippen molar-refractivity contribution in [2.75, 3.05) is 14.2 Å². The number of methoxy groups -OCH3 is 1. The molecule has 1 aliphatic heterocycles. The summed E-state index contributed by atoms with van der Waals surface area (Å²) in [6.07, 6.45) is 0.437. The molecule has 0 aliphatic carbocycles. The van der Waals surface area contributed by atoms with Gasteiger partial charge in [0.2, 0.25) is 5.91 Å². The molecular weight excluding hydrogens is 226 g/mol. The molecule has 0 aromatic carbocycles. The molecule has 0 radical (unpaired) electrons. The van der Waals surface area contributed by atoms with E-state index in [0.29, 0.717) is 6.42 Å². The minimum Gasteiger partial charge on any atom is -0.464 e. The molecule has 1 aliphatic rings. The lowest BCUT2D eigenvalue weighted by Gasteiger charge is -2.36. The highest BCUT2D eigenvalue weighted by atomic mass is 16.5. The number of likely N-dealkylation sites (N-methyl/N-ethyl adjacent to an activating group) is 1. The van der Waals surface area contributed by atoms with Crippen molar-refractivity contribution in [2.24, 2.45) is 0 Å². The normalized spacial score (nSPS) is 22.4. The molecular formula is C10H15N3O4. The fourth-order valence-corrected chi connectivity index (χ4v) is 1.64. The highest BCUT2D eigenvalue weighted by molar-refractivity contribution is 6.63. The second kappa shape index (κ2) is 5.53. The Labute approximate surface area is 98.4 Å². The van der Waals surface area contributed by atoms with E-state index in [1.165, 1.54) is 0 Å². The van der Waals surface area contributed by atoms with Crippen molar-refractivity contribution in [3.8, 4) is 0 Å². The lowest BCUT2D eigenvalue weighted by Crippen LogP contribution is -2.67. The molecule has 1 rings (SSSR count). The van der Waals surface area contributed by atoms with Crippen molar-refractivity contribution in [3.05, 3.63) is 0 Å². The summed E-state index contributed by atoms with van der Waals surface area (Å²) in [5, 5.41) is 12.7. The van der Waals surface area contributed by atoms with Crippen LogP contribution >= 0.6 is 0 Å². The second-order valence-corrected chi connectivity index (χ2v) is 3.71. The van der Waals surface area contributed by atoms with Gasteiger partial charge in [-0.15, -0.1) is 0 Å². The summed E-state index contributed by atoms with van der Waals surface area (Å²) in [4.78, 5) is 33.3. The molecule has 7 nitrogen and oxygen atoms in total. The quantitative estimate of drug-likeness (QED) is 0.230. The summed E-state index contributed by atoms with van der Waals surface area (Å²) in [6.45, 7) is 0. The van der Waals surface area contributed by atoms with Crippen LogP contribution in [0.3, 0.4) is 0 Å². The number of β-lactam (4-membered cyclic amide) rings is 1. The van der Waals surface area contributed by atoms with Gasteiger partial charge >= 0.3 is 5.97 Å². The van der Waals surface area contributed by atoms with E-state index in [4.69, 9.17) is 5.41 Å². The van der Waals surface area contributed by atoms with Crippen molar-refractivity contribution in [2.45, 2.75) is 24.9 Å². The summed E-state index contributed by atoms with van der Waals surface area (Å²) in [6, 6.07) is -0.419. The molecule has 0 aromatic heterocycles. The average molecular weight is 241 g/mol. The number of carbonyl (C=O) groups is 3. The summed E-state index contributed by atoms with van der Waals surface area (Å²) in [7, 11) is 2.78. The Morgan fingerprint density at radius 1 is 1.53 bits per heavy atom. The summed E-state index contributed by atoms with van der Waals surface area (Å²) in [5.74, 6) is -1.61. The van der Waals surface area contributed by atoms with Gasteiger partial charge in [0, 0.05) is 6.42 Å². The van der Waals surface area contributed by atoms with Crippen molar-refractivity contribution in [1.82, 2.24) is 10.6 Å². The van der Waals surface area contributed by atoms with E-state index in [9.17, 15) is 14.4 Å². The second-order valence-electron chi connectivity index (χ2n) is 3.71. The first-order chi connectivity index (χ1) is 8.01. The van der Waals surface area contributed by atoms with Crippen LogP contribution in [-0.4, -0.2) is 49.6 Å². The van der Waals surface area contributed by atoms with Gasteiger partial charge < -0.3 is 15.4 Å². The van der Waals surface area contributed by atoms with E-state index in [1.54, 1.807) is 7.05 Å². The third-order valence-corrected chi connectivity index (χ3v) is 2.67. The number of Topliss-reactive ketones (excluding diaryl/α,β-unsaturated/α-hetero) is 1. The van der Waals surface area contributed by atoms with Gasteiger partial charge in [-0.3, -0.25) is 15.0 Å². The first kappa shape index (κ1) is 13.3. The van der Waals surface area contributed by atoms with Crippen LogP contribution in [0.4, 0.5) is 0 Å². The van der Waals surface area contributed by atoms with Gasteiger partial charge in [-0.2, -0.15) is 0 Å². The fraction of sp³-hybridized carbons (Fsp3) is 0.600. The van der Waals surface area contributed by atoms with E-state index in [-0.39, 0.29) is 24.4 Å². The molecule has 1 amide bonds. The molecule has 1 heterocycles. The standard InChI is InChI=1S/C10H15N3O4/c1-12-8-5(13-9(8)15)3-4-6(14)7(11)10(16)17-2/h5,8,11-12H,3-4H2,1-2H3,(H,13,15). The Bertz CT molecular complexity index is 367. The van der Waals surface area contributed by atoms with Crippen molar-refractivity contribution < 1.29 is 19.1 Å². The highest BCUT2D eigenvalue weighted by Gasteiger charge is 2.38. The molecule has 7 heteroatoms. The van der Waals surface area contributed by atoms with Crippen molar-refractivity contribution >= 4 is 23.4 Å². The molecule has 0 saturated carbocycles. The molecule has 17 heavy (non-hydrogen) atoms. The number of rotatable bonds is 6. The molecule has 3 N–H and O–H groups in total. The van der Waals surface area contributed by atoms with Crippen LogP contribution in [0.15, 0.2) is 0 Å². The number of amides is 1. The number of hydrogen-bond acceptors (Lipinski definition) is 6. The number of carbonyl (C=O) groups excluding carboxylic acids is 3. The minimum atomic E-state index is -0.933. The van der Waals surface area contributed by atoms with E-state index < -0.39 is 17.5 Å². The van der Waals surface area contributed by atoms with Gasteiger partial charge in [-0.1, -0.05) is 0 Å². The van der Waals surface area contributed by atoms with Crippen molar-refractivity contribution in [1.29, 1.82) is 5.41 Å². The SMILES string of the molecule is CNC1C(=O)NC1CCC(=O)C(=N)C(=O)OC. The van der Waals surface area contributed by atoms with Gasteiger partial charge in [0.25, 0.3) is 0 Å². The van der Waals surface area contributed by atoms with Crippen molar-refractivity contribution in [3.63, 3.8) is 0 Å². The third-order valence-electron chi connectivity index (χ3n) is 2.67. The van der Waals surface area contributed by atoms with Crippen LogP contribution in [-0.2, 0) is 19.1 Å². The van der Waals surface area contributed by atoms with Gasteiger partial charge in [0.1, 0.15) is 6.04 Å². The van der Waals surface area contributed by atoms with Gasteiger partial charge in [0.05, 0.1) is 13.2 Å². The maximum atomic E-state index is 11.4. The van der Waals surface area contributed by atoms with Gasteiger partial charge in [-0.25, -0.2) is 4.79 Å². The molecule has 2 unspecified atom stereocenters. The maximum absolute atomic E-state index is 11.4. The molecule has 1 saturated heterocycles. The summed E-state index contributed by atoms with van der Waals surface area (Å²) in [5.41, 5.74) is -0.654. The molecule has 2 atom stereocenters. The number of hydrogen-bond donors (Lipinski definition) is 3. The Balaban J connectivity index is 2.37. The minimum absolute atomic E-state index is 0.0387. The van der Waals surface area contributed by atoms with Gasteiger partial charge in [-0.05, 0) is 13.5 Å². The number of esters is 1. The zero-order chi connectivity index (χ0) is 13.0. The number of nitrogens with one attached hydrogen (secondary N) is 3. The number of ether oxygens (including phenoxy) is 1. The molecule has 0 aromatic rings. The first-order valence-corrected chi connectivity index (χ1v) is 5.19. The smallest absolute Gasteiger partial charge is 0.359 e. The summed E-state index contributed by atoms with van der Waals surface area (Å²) >= 11 is 0. The third kappa shape index (κ3) is 2.88. The zero-order valence-electron chi connectivity index (χ0n) is 9.70. The Kier molecular flexibility index (Phi) is 4.33. The van der Waals surface area contributed by atoms with E-state index in [0.717, 1.165) is 7.11 Å². The van der Waals surface area contributed by atoms with E-state index >= 15 is 0 Å². The topological polar surface area (TPSA) is 108 Å². The monoisotopic (exact) mass is 241 g/mol. The molecule has 0 spiro atoms. The van der Waals surface area contributed by atoms with E-state index in [1.807, 2.05) is 0 Å². The van der Waals surface area contributed by atoms with E-state index in [2.05, 4.69) is 15.4 Å². The van der Waals surface area contributed by atoms with Crippen LogP contribution in [0, 0.1) is 5.41 Å². The fourth-order valence-electron chi connectivity index (χ4n) is 1.64. The molecule has 0 bridgehead atoms. The maximum Gasteiger partial charge on any atom is 0.359 e. The van der Waals surface area contributed by atoms with Crippen LogP contribution in [0.2, 0.25) is 0 Å². The van der Waals surface area contributed by atoms with Crippen LogP contribution in [0.1, 0.15) is 12.8 Å². The first-order valence-electron chi connectivity index (χ1n) is 5.19. The molecule has 1 fully saturated rings. The van der Waals surface area contributed by atoms with Crippen LogP contribution < -0.4 is 10.6 Å². The lowest BCUT2D eigenvalue weighted by atomic mass is 9.93. The largest absolute Gasteiger partial charge is 0.464 e. The Morgan fingerprint density at radius 2 is 2.18 bits per heavy atom. The molecule has 94 valence electrons. The number of ketones is 1. The summed E-state index contributed by atoms with van der Waals surface area (Å²) < 4.78 is 4.27. The van der Waals surface area contributed by atoms with Crippen LogP contribution in [0.5, 0.6) is 0 Å². The van der Waals surface area contributed by atoms with Gasteiger partial charge in [0.15, 0.2) is 11.5 Å². The lowest BCUT2D eigenvalue weighted by molar-refractivity contribution is -0.134. The predicted octanol–water partition coefficient (Wildman–Crippen LogP) is -1.39. The zero-order valence-corrected chi connectivity index (χ0v) is 9.70. The predicted molar refractivity (Wildman–Crippen MR) is 58.8 cm³/mol. The average Bonchev–Trinajstić information content (AvgIpc) is 2.32. The van der Waals surface area contributed by atoms with Crippen LogP contribution in [0.25, 0.3) is 0 Å².